The lowest BCUT2D eigenvalue weighted by molar-refractivity contribution is 0.242. The van der Waals surface area contributed by atoms with Gasteiger partial charge >= 0.3 is 0 Å². The topological polar surface area (TPSA) is 58.3 Å². The number of rotatable bonds is 5. The van der Waals surface area contributed by atoms with E-state index in [4.69, 9.17) is 10.8 Å². The molecule has 0 saturated heterocycles. The SMILES string of the molecule is NC1CCC(NCC2(CCO)CC2)C1. The molecular weight excluding hydrogens is 176 g/mol. The minimum absolute atomic E-state index is 0.339. The Morgan fingerprint density at radius 2 is 2.14 bits per heavy atom. The Hall–Kier alpha value is -0.120. The van der Waals surface area contributed by atoms with Crippen molar-refractivity contribution in [2.24, 2.45) is 11.1 Å². The molecule has 0 aliphatic heterocycles. The van der Waals surface area contributed by atoms with Gasteiger partial charge in [0, 0.05) is 25.2 Å². The Bertz CT molecular complexity index is 192. The quantitative estimate of drug-likeness (QED) is 0.607. The second-order valence-corrected chi connectivity index (χ2v) is 5.12. The van der Waals surface area contributed by atoms with Gasteiger partial charge in [0.25, 0.3) is 0 Å². The Labute approximate surface area is 86.1 Å². The second kappa shape index (κ2) is 4.17. The summed E-state index contributed by atoms with van der Waals surface area (Å²) in [5, 5.41) is 12.5. The Kier molecular flexibility index (Phi) is 3.10. The van der Waals surface area contributed by atoms with Crippen molar-refractivity contribution in [3.63, 3.8) is 0 Å². The van der Waals surface area contributed by atoms with Crippen LogP contribution in [0.4, 0.5) is 0 Å². The highest BCUT2D eigenvalue weighted by Crippen LogP contribution is 2.48. The fourth-order valence-electron chi connectivity index (χ4n) is 2.49. The van der Waals surface area contributed by atoms with Gasteiger partial charge < -0.3 is 16.2 Å². The monoisotopic (exact) mass is 198 g/mol. The van der Waals surface area contributed by atoms with Gasteiger partial charge in [0.1, 0.15) is 0 Å². The summed E-state index contributed by atoms with van der Waals surface area (Å²) in [5.41, 5.74) is 6.30. The molecule has 0 bridgehead atoms. The van der Waals surface area contributed by atoms with Crippen LogP contribution in [0.25, 0.3) is 0 Å². The lowest BCUT2D eigenvalue weighted by atomic mass is 10.0. The lowest BCUT2D eigenvalue weighted by Crippen LogP contribution is -2.33. The van der Waals surface area contributed by atoms with E-state index in [9.17, 15) is 0 Å². The van der Waals surface area contributed by atoms with Crippen LogP contribution in [0.15, 0.2) is 0 Å². The molecule has 0 radical (unpaired) electrons. The summed E-state index contributed by atoms with van der Waals surface area (Å²) in [5.74, 6) is 0. The van der Waals surface area contributed by atoms with E-state index in [-0.39, 0.29) is 0 Å². The van der Waals surface area contributed by atoms with E-state index in [1.54, 1.807) is 0 Å². The molecule has 2 rings (SSSR count). The standard InChI is InChI=1S/C11H22N2O/c12-9-1-2-10(7-9)13-8-11(3-4-11)5-6-14/h9-10,13-14H,1-8,12H2. The Morgan fingerprint density at radius 1 is 1.36 bits per heavy atom. The molecule has 0 aromatic rings. The zero-order valence-electron chi connectivity index (χ0n) is 8.84. The Morgan fingerprint density at radius 3 is 2.64 bits per heavy atom. The minimum atomic E-state index is 0.339. The third-order valence-electron chi connectivity index (χ3n) is 3.84. The molecule has 0 aromatic carbocycles. The predicted octanol–water partition coefficient (Wildman–Crippen LogP) is 0.618. The normalized spacial score (nSPS) is 34.7. The number of nitrogens with one attached hydrogen (secondary N) is 1. The molecule has 2 saturated carbocycles. The van der Waals surface area contributed by atoms with Crippen LogP contribution in [0.5, 0.6) is 0 Å². The molecule has 2 unspecified atom stereocenters. The summed E-state index contributed by atoms with van der Waals surface area (Å²) in [6.45, 7) is 1.43. The molecular formula is C11H22N2O. The molecule has 2 aliphatic carbocycles. The molecule has 0 amide bonds. The van der Waals surface area contributed by atoms with Gasteiger partial charge in [-0.1, -0.05) is 0 Å². The summed E-state index contributed by atoms with van der Waals surface area (Å²) >= 11 is 0. The maximum absolute atomic E-state index is 8.93. The largest absolute Gasteiger partial charge is 0.396 e. The summed E-state index contributed by atoms with van der Waals surface area (Å²) in [6, 6.07) is 1.06. The first-order valence-electron chi connectivity index (χ1n) is 5.84. The molecule has 0 aromatic heterocycles. The van der Waals surface area contributed by atoms with Crippen LogP contribution in [0.2, 0.25) is 0 Å². The fourth-order valence-corrected chi connectivity index (χ4v) is 2.49. The van der Waals surface area contributed by atoms with Crippen molar-refractivity contribution >= 4 is 0 Å². The molecule has 82 valence electrons. The van der Waals surface area contributed by atoms with Gasteiger partial charge in [0.2, 0.25) is 0 Å². The van der Waals surface area contributed by atoms with E-state index in [1.165, 1.54) is 25.7 Å². The molecule has 3 heteroatoms. The van der Waals surface area contributed by atoms with Crippen molar-refractivity contribution in [1.29, 1.82) is 0 Å². The minimum Gasteiger partial charge on any atom is -0.396 e. The van der Waals surface area contributed by atoms with Crippen LogP contribution >= 0.6 is 0 Å². The third kappa shape index (κ3) is 2.47. The molecule has 14 heavy (non-hydrogen) atoms. The first-order chi connectivity index (χ1) is 6.74. The first-order valence-corrected chi connectivity index (χ1v) is 5.84. The van der Waals surface area contributed by atoms with Gasteiger partial charge in [-0.15, -0.1) is 0 Å². The highest BCUT2D eigenvalue weighted by molar-refractivity contribution is 4.96. The van der Waals surface area contributed by atoms with E-state index in [2.05, 4.69) is 5.32 Å². The van der Waals surface area contributed by atoms with E-state index in [0.29, 0.717) is 24.1 Å². The molecule has 2 fully saturated rings. The van der Waals surface area contributed by atoms with E-state index in [0.717, 1.165) is 19.4 Å². The van der Waals surface area contributed by atoms with Crippen molar-refractivity contribution in [2.45, 2.75) is 50.6 Å². The summed E-state index contributed by atoms with van der Waals surface area (Å²) < 4.78 is 0. The van der Waals surface area contributed by atoms with Gasteiger partial charge in [-0.2, -0.15) is 0 Å². The van der Waals surface area contributed by atoms with Gasteiger partial charge in [-0.3, -0.25) is 0 Å². The highest BCUT2D eigenvalue weighted by Gasteiger charge is 2.41. The number of hydrogen-bond acceptors (Lipinski definition) is 3. The van der Waals surface area contributed by atoms with Crippen molar-refractivity contribution in [2.75, 3.05) is 13.2 Å². The zero-order chi connectivity index (χ0) is 10.0. The predicted molar refractivity (Wildman–Crippen MR) is 57.0 cm³/mol. The van der Waals surface area contributed by atoms with Crippen molar-refractivity contribution in [3.05, 3.63) is 0 Å². The maximum Gasteiger partial charge on any atom is 0.0436 e. The van der Waals surface area contributed by atoms with Gasteiger partial charge in [0.15, 0.2) is 0 Å². The fraction of sp³-hybridized carbons (Fsp3) is 1.00. The number of aliphatic hydroxyl groups is 1. The summed E-state index contributed by atoms with van der Waals surface area (Å²) in [4.78, 5) is 0. The molecule has 2 aliphatic rings. The van der Waals surface area contributed by atoms with E-state index in [1.807, 2.05) is 0 Å². The van der Waals surface area contributed by atoms with Crippen molar-refractivity contribution in [3.8, 4) is 0 Å². The maximum atomic E-state index is 8.93. The van der Waals surface area contributed by atoms with Gasteiger partial charge in [0.05, 0.1) is 0 Å². The zero-order valence-corrected chi connectivity index (χ0v) is 8.84. The molecule has 3 nitrogen and oxygen atoms in total. The summed E-state index contributed by atoms with van der Waals surface area (Å²) in [7, 11) is 0. The third-order valence-corrected chi connectivity index (χ3v) is 3.84. The van der Waals surface area contributed by atoms with E-state index >= 15 is 0 Å². The smallest absolute Gasteiger partial charge is 0.0436 e. The number of aliphatic hydroxyl groups excluding tert-OH is 1. The van der Waals surface area contributed by atoms with Crippen LogP contribution in [-0.4, -0.2) is 30.3 Å². The van der Waals surface area contributed by atoms with Crippen LogP contribution < -0.4 is 11.1 Å². The highest BCUT2D eigenvalue weighted by atomic mass is 16.3. The average molecular weight is 198 g/mol. The van der Waals surface area contributed by atoms with Crippen LogP contribution in [0.1, 0.15) is 38.5 Å². The molecule has 2 atom stereocenters. The first kappa shape index (κ1) is 10.4. The number of nitrogens with two attached hydrogens (primary N) is 1. The van der Waals surface area contributed by atoms with Crippen LogP contribution in [-0.2, 0) is 0 Å². The average Bonchev–Trinajstić information content (AvgIpc) is 2.80. The van der Waals surface area contributed by atoms with Crippen molar-refractivity contribution in [1.82, 2.24) is 5.32 Å². The molecule has 0 heterocycles. The van der Waals surface area contributed by atoms with Gasteiger partial charge in [-0.05, 0) is 43.9 Å². The second-order valence-electron chi connectivity index (χ2n) is 5.12. The summed E-state index contributed by atoms with van der Waals surface area (Å²) in [6.07, 6.45) is 7.09. The van der Waals surface area contributed by atoms with Gasteiger partial charge in [-0.25, -0.2) is 0 Å². The lowest BCUT2D eigenvalue weighted by Gasteiger charge is -2.18. The molecule has 4 N–H and O–H groups in total. The Balaban J connectivity index is 1.67. The molecule has 0 spiro atoms. The van der Waals surface area contributed by atoms with E-state index < -0.39 is 0 Å². The van der Waals surface area contributed by atoms with Crippen molar-refractivity contribution < 1.29 is 5.11 Å². The number of hydrogen-bond donors (Lipinski definition) is 3. The van der Waals surface area contributed by atoms with Crippen LogP contribution in [0.3, 0.4) is 0 Å². The van der Waals surface area contributed by atoms with Crippen LogP contribution in [0, 0.1) is 5.41 Å².